The van der Waals surface area contributed by atoms with E-state index in [2.05, 4.69) is 20.3 Å². The Morgan fingerprint density at radius 1 is 1.35 bits per heavy atom. The van der Waals surface area contributed by atoms with Gasteiger partial charge in [-0.15, -0.1) is 5.10 Å². The highest BCUT2D eigenvalue weighted by Gasteiger charge is 2.11. The molecule has 0 fully saturated rings. The summed E-state index contributed by atoms with van der Waals surface area (Å²) in [5.41, 5.74) is 2.50. The van der Waals surface area contributed by atoms with Crippen LogP contribution >= 0.6 is 24.0 Å². The van der Waals surface area contributed by atoms with Crippen LogP contribution in [0.5, 0.6) is 5.75 Å². The molecule has 0 spiro atoms. The van der Waals surface area contributed by atoms with Crippen molar-refractivity contribution in [1.82, 2.24) is 19.9 Å². The number of nitrogens with one attached hydrogen (secondary N) is 1. The molecular formula is C17H17N5O2S2. The summed E-state index contributed by atoms with van der Waals surface area (Å²) in [4.78, 5) is 4.03. The average molecular weight is 387 g/mol. The summed E-state index contributed by atoms with van der Waals surface area (Å²) in [5, 5.41) is 31.5. The van der Waals surface area contributed by atoms with E-state index in [0.29, 0.717) is 26.7 Å². The molecule has 0 radical (unpaired) electrons. The van der Waals surface area contributed by atoms with Gasteiger partial charge >= 0.3 is 0 Å². The molecule has 0 aliphatic heterocycles. The summed E-state index contributed by atoms with van der Waals surface area (Å²) in [6.07, 6.45) is 2.96. The van der Waals surface area contributed by atoms with Crippen molar-refractivity contribution in [3.63, 3.8) is 0 Å². The van der Waals surface area contributed by atoms with Gasteiger partial charge in [-0.05, 0) is 24.7 Å². The van der Waals surface area contributed by atoms with Gasteiger partial charge < -0.3 is 10.2 Å². The minimum atomic E-state index is -0.255. The number of aliphatic hydroxyl groups excluding tert-OH is 1. The lowest BCUT2D eigenvalue weighted by Gasteiger charge is -2.07. The van der Waals surface area contributed by atoms with Gasteiger partial charge in [-0.1, -0.05) is 42.1 Å². The standard InChI is InChI=1S/C17H17N5O2S2/c1-11-15(24)14(13(9-23)7-18-11)8-19-22-16(25)20-21-17(22)26-10-12-5-3-2-4-6-12/h2-8,23-24H,9-10H2,1H3,(H,20,25)/b19-8+. The number of aromatic hydroxyl groups is 1. The molecule has 3 rings (SSSR count). The van der Waals surface area contributed by atoms with Crippen LogP contribution in [-0.2, 0) is 12.4 Å². The van der Waals surface area contributed by atoms with E-state index in [4.69, 9.17) is 12.2 Å². The van der Waals surface area contributed by atoms with Gasteiger partial charge in [-0.3, -0.25) is 4.98 Å². The highest BCUT2D eigenvalue weighted by molar-refractivity contribution is 7.98. The number of pyridine rings is 1. The smallest absolute Gasteiger partial charge is 0.217 e. The normalized spacial score (nSPS) is 11.3. The zero-order valence-electron chi connectivity index (χ0n) is 14.0. The Labute approximate surface area is 159 Å². The second-order valence-corrected chi connectivity index (χ2v) is 6.76. The van der Waals surface area contributed by atoms with E-state index in [1.807, 2.05) is 30.3 Å². The predicted octanol–water partition coefficient (Wildman–Crippen LogP) is 3.02. The summed E-state index contributed by atoms with van der Waals surface area (Å²) in [7, 11) is 0. The fourth-order valence-corrected chi connectivity index (χ4v) is 3.33. The largest absolute Gasteiger partial charge is 0.505 e. The minimum absolute atomic E-state index is 0.0196. The summed E-state index contributed by atoms with van der Waals surface area (Å²) >= 11 is 6.72. The molecule has 0 aliphatic carbocycles. The molecule has 134 valence electrons. The highest BCUT2D eigenvalue weighted by atomic mass is 32.2. The lowest BCUT2D eigenvalue weighted by Crippen LogP contribution is -2.00. The number of aromatic amines is 1. The van der Waals surface area contributed by atoms with Crippen LogP contribution in [0.15, 0.2) is 46.8 Å². The van der Waals surface area contributed by atoms with Crippen LogP contribution in [0.3, 0.4) is 0 Å². The van der Waals surface area contributed by atoms with Crippen molar-refractivity contribution in [3.05, 3.63) is 63.7 Å². The number of aliphatic hydroxyl groups is 1. The fourth-order valence-electron chi connectivity index (χ4n) is 2.23. The van der Waals surface area contributed by atoms with E-state index in [-0.39, 0.29) is 12.4 Å². The average Bonchev–Trinajstić information content (AvgIpc) is 3.02. The minimum Gasteiger partial charge on any atom is -0.505 e. The number of thioether (sulfide) groups is 1. The Morgan fingerprint density at radius 2 is 2.12 bits per heavy atom. The van der Waals surface area contributed by atoms with Gasteiger partial charge in [-0.2, -0.15) is 9.78 Å². The molecule has 0 bridgehead atoms. The number of aryl methyl sites for hydroxylation is 1. The van der Waals surface area contributed by atoms with Crippen LogP contribution in [-0.4, -0.2) is 36.3 Å². The summed E-state index contributed by atoms with van der Waals surface area (Å²) in [5.74, 6) is 0.700. The first-order valence-corrected chi connectivity index (χ1v) is 9.16. The molecule has 0 atom stereocenters. The van der Waals surface area contributed by atoms with E-state index in [1.165, 1.54) is 28.8 Å². The molecule has 3 aromatic rings. The molecule has 7 nitrogen and oxygen atoms in total. The maximum atomic E-state index is 10.2. The quantitative estimate of drug-likeness (QED) is 0.342. The summed E-state index contributed by atoms with van der Waals surface area (Å²) in [6, 6.07) is 10.0. The molecule has 2 heterocycles. The SMILES string of the molecule is Cc1ncc(CO)c(/C=N/n2c(SCc3ccccc3)n[nH]c2=S)c1O. The highest BCUT2D eigenvalue weighted by Crippen LogP contribution is 2.23. The number of hydrogen-bond donors (Lipinski definition) is 3. The first-order valence-electron chi connectivity index (χ1n) is 7.77. The maximum Gasteiger partial charge on any atom is 0.217 e. The third-order valence-electron chi connectivity index (χ3n) is 3.66. The third-order valence-corrected chi connectivity index (χ3v) is 4.93. The Morgan fingerprint density at radius 3 is 2.85 bits per heavy atom. The van der Waals surface area contributed by atoms with Crippen LogP contribution in [0.2, 0.25) is 0 Å². The van der Waals surface area contributed by atoms with Gasteiger partial charge in [0.2, 0.25) is 9.93 Å². The molecule has 0 unspecified atom stereocenters. The lowest BCUT2D eigenvalue weighted by atomic mass is 10.1. The number of rotatable bonds is 6. The molecule has 1 aromatic carbocycles. The molecular weight excluding hydrogens is 370 g/mol. The number of H-pyrrole nitrogens is 1. The molecule has 0 aliphatic rings. The van der Waals surface area contributed by atoms with Crippen molar-refractivity contribution in [3.8, 4) is 5.75 Å². The fraction of sp³-hybridized carbons (Fsp3) is 0.176. The Kier molecular flexibility index (Phi) is 5.82. The monoisotopic (exact) mass is 387 g/mol. The van der Waals surface area contributed by atoms with Crippen LogP contribution in [0.1, 0.15) is 22.4 Å². The summed E-state index contributed by atoms with van der Waals surface area (Å²) in [6.45, 7) is 1.42. The second-order valence-electron chi connectivity index (χ2n) is 5.43. The van der Waals surface area contributed by atoms with E-state index in [0.717, 1.165) is 11.3 Å². The van der Waals surface area contributed by atoms with Crippen molar-refractivity contribution in [1.29, 1.82) is 0 Å². The number of hydrogen-bond acceptors (Lipinski definition) is 7. The van der Waals surface area contributed by atoms with E-state index in [1.54, 1.807) is 6.92 Å². The molecule has 0 saturated carbocycles. The summed E-state index contributed by atoms with van der Waals surface area (Å²) < 4.78 is 1.83. The van der Waals surface area contributed by atoms with E-state index in [9.17, 15) is 10.2 Å². The first-order chi connectivity index (χ1) is 12.6. The van der Waals surface area contributed by atoms with Gasteiger partial charge in [0.05, 0.1) is 18.5 Å². The Bertz CT molecular complexity index is 983. The zero-order valence-corrected chi connectivity index (χ0v) is 15.6. The Hall–Kier alpha value is -2.49. The third kappa shape index (κ3) is 4.01. The predicted molar refractivity (Wildman–Crippen MR) is 103 cm³/mol. The number of benzene rings is 1. The van der Waals surface area contributed by atoms with Crippen LogP contribution in [0, 0.1) is 11.7 Å². The van der Waals surface area contributed by atoms with E-state index >= 15 is 0 Å². The number of aromatic nitrogens is 4. The van der Waals surface area contributed by atoms with Gasteiger partial charge in [0, 0.05) is 23.1 Å². The Balaban J connectivity index is 1.87. The van der Waals surface area contributed by atoms with Crippen LogP contribution in [0.4, 0.5) is 0 Å². The molecule has 9 heteroatoms. The van der Waals surface area contributed by atoms with Crippen molar-refractivity contribution in [2.75, 3.05) is 0 Å². The van der Waals surface area contributed by atoms with Gasteiger partial charge in [0.1, 0.15) is 5.75 Å². The van der Waals surface area contributed by atoms with Crippen molar-refractivity contribution >= 4 is 30.2 Å². The van der Waals surface area contributed by atoms with Crippen LogP contribution < -0.4 is 0 Å². The topological polar surface area (TPSA) is 99.3 Å². The van der Waals surface area contributed by atoms with Crippen molar-refractivity contribution in [2.24, 2.45) is 5.10 Å². The molecule has 0 saturated heterocycles. The van der Waals surface area contributed by atoms with Gasteiger partial charge in [-0.25, -0.2) is 5.10 Å². The first kappa shape index (κ1) is 18.3. The molecule has 2 aromatic heterocycles. The molecule has 26 heavy (non-hydrogen) atoms. The lowest BCUT2D eigenvalue weighted by molar-refractivity contribution is 0.280. The molecule has 0 amide bonds. The van der Waals surface area contributed by atoms with Crippen LogP contribution in [0.25, 0.3) is 0 Å². The van der Waals surface area contributed by atoms with Gasteiger partial charge in [0.25, 0.3) is 0 Å². The zero-order chi connectivity index (χ0) is 18.5. The van der Waals surface area contributed by atoms with Crippen molar-refractivity contribution < 1.29 is 10.2 Å². The number of nitrogens with zero attached hydrogens (tertiary/aromatic N) is 4. The second kappa shape index (κ2) is 8.26. The maximum absolute atomic E-state index is 10.2. The molecule has 3 N–H and O–H groups in total. The van der Waals surface area contributed by atoms with Crippen molar-refractivity contribution in [2.45, 2.75) is 24.4 Å². The van der Waals surface area contributed by atoms with E-state index < -0.39 is 0 Å². The van der Waals surface area contributed by atoms with Gasteiger partial charge in [0.15, 0.2) is 0 Å².